The molecule has 4 N–H and O–H groups in total. The molecule has 6 nitrogen and oxygen atoms in total. The van der Waals surface area contributed by atoms with Crippen molar-refractivity contribution in [2.45, 2.75) is 32.7 Å². The Kier molecular flexibility index (Phi) is 10.9. The van der Waals surface area contributed by atoms with Gasteiger partial charge in [0.1, 0.15) is 6.61 Å². The van der Waals surface area contributed by atoms with Crippen molar-refractivity contribution in [3.8, 4) is 0 Å². The van der Waals surface area contributed by atoms with Gasteiger partial charge < -0.3 is 20.9 Å². The SMILES string of the molecule is CCC(CC)NCCOC(=O)c1ccc(N)cc1Cl.O=CO. The van der Waals surface area contributed by atoms with Gasteiger partial charge in [-0.1, -0.05) is 25.4 Å². The summed E-state index contributed by atoms with van der Waals surface area (Å²) >= 11 is 5.94. The van der Waals surface area contributed by atoms with Crippen LogP contribution in [0.15, 0.2) is 18.2 Å². The minimum absolute atomic E-state index is 0.250. The molecule has 0 fully saturated rings. The van der Waals surface area contributed by atoms with Crippen LogP contribution in [0.2, 0.25) is 5.02 Å². The lowest BCUT2D eigenvalue weighted by molar-refractivity contribution is -0.122. The lowest BCUT2D eigenvalue weighted by atomic mass is 10.2. The molecule has 0 saturated carbocycles. The van der Waals surface area contributed by atoms with Crippen LogP contribution in [0.4, 0.5) is 5.69 Å². The van der Waals surface area contributed by atoms with Gasteiger partial charge in [0.05, 0.1) is 10.6 Å². The van der Waals surface area contributed by atoms with Gasteiger partial charge in [-0.2, -0.15) is 0 Å². The lowest BCUT2D eigenvalue weighted by Gasteiger charge is -2.14. The number of hydrogen-bond acceptors (Lipinski definition) is 5. The van der Waals surface area contributed by atoms with Crippen molar-refractivity contribution < 1.29 is 19.4 Å². The number of hydrogen-bond donors (Lipinski definition) is 3. The van der Waals surface area contributed by atoms with Gasteiger partial charge in [0.2, 0.25) is 0 Å². The second-order valence-corrected chi connectivity index (χ2v) is 4.86. The van der Waals surface area contributed by atoms with Crippen LogP contribution in [0.3, 0.4) is 0 Å². The van der Waals surface area contributed by atoms with E-state index < -0.39 is 5.97 Å². The van der Waals surface area contributed by atoms with Crippen LogP contribution >= 0.6 is 11.6 Å². The Morgan fingerprint density at radius 1 is 1.45 bits per heavy atom. The van der Waals surface area contributed by atoms with Crippen LogP contribution < -0.4 is 11.1 Å². The van der Waals surface area contributed by atoms with E-state index in [2.05, 4.69) is 19.2 Å². The molecule has 1 rings (SSSR count). The number of rotatable bonds is 7. The second-order valence-electron chi connectivity index (χ2n) is 4.45. The molecular weight excluding hydrogens is 308 g/mol. The molecule has 0 spiro atoms. The highest BCUT2D eigenvalue weighted by molar-refractivity contribution is 6.33. The Morgan fingerprint density at radius 3 is 2.55 bits per heavy atom. The highest BCUT2D eigenvalue weighted by Gasteiger charge is 2.11. The van der Waals surface area contributed by atoms with Crippen molar-refractivity contribution in [3.63, 3.8) is 0 Å². The van der Waals surface area contributed by atoms with Crippen molar-refractivity contribution in [2.24, 2.45) is 0 Å². The second kappa shape index (κ2) is 11.8. The Morgan fingerprint density at radius 2 is 2.05 bits per heavy atom. The molecule has 0 atom stereocenters. The highest BCUT2D eigenvalue weighted by atomic mass is 35.5. The third-order valence-corrected chi connectivity index (χ3v) is 3.28. The number of carbonyl (C=O) groups excluding carboxylic acids is 1. The molecule has 1 aromatic rings. The van der Waals surface area contributed by atoms with Crippen LogP contribution in [0.25, 0.3) is 0 Å². The van der Waals surface area contributed by atoms with E-state index in [9.17, 15) is 4.79 Å². The fourth-order valence-electron chi connectivity index (χ4n) is 1.76. The smallest absolute Gasteiger partial charge is 0.339 e. The summed E-state index contributed by atoms with van der Waals surface area (Å²) in [6.45, 7) is 4.98. The monoisotopic (exact) mass is 330 g/mol. The van der Waals surface area contributed by atoms with Crippen LogP contribution in [0.5, 0.6) is 0 Å². The van der Waals surface area contributed by atoms with E-state index in [1.165, 1.54) is 0 Å². The van der Waals surface area contributed by atoms with E-state index in [0.717, 1.165) is 12.8 Å². The van der Waals surface area contributed by atoms with Gasteiger partial charge in [0.15, 0.2) is 0 Å². The van der Waals surface area contributed by atoms with Gasteiger partial charge in [0.25, 0.3) is 6.47 Å². The third kappa shape index (κ3) is 7.85. The van der Waals surface area contributed by atoms with Gasteiger partial charge in [0, 0.05) is 18.3 Å². The van der Waals surface area contributed by atoms with E-state index in [0.29, 0.717) is 35.5 Å². The van der Waals surface area contributed by atoms with Gasteiger partial charge >= 0.3 is 5.97 Å². The number of carbonyl (C=O) groups is 2. The standard InChI is InChI=1S/C14H21ClN2O2.CH2O2/c1-3-11(4-2)17-7-8-19-14(18)12-6-5-10(16)9-13(12)15;2-1-3/h5-6,9,11,17H,3-4,7-8,16H2,1-2H3;1H,(H,2,3). The van der Waals surface area contributed by atoms with Crippen molar-refractivity contribution in [2.75, 3.05) is 18.9 Å². The number of halogens is 1. The first-order valence-corrected chi connectivity index (χ1v) is 7.41. The maximum Gasteiger partial charge on any atom is 0.339 e. The summed E-state index contributed by atoms with van der Waals surface area (Å²) in [4.78, 5) is 20.1. The van der Waals surface area contributed by atoms with Gasteiger partial charge in [-0.15, -0.1) is 0 Å². The van der Waals surface area contributed by atoms with E-state index in [1.807, 2.05) is 0 Å². The molecule has 0 bridgehead atoms. The summed E-state index contributed by atoms with van der Waals surface area (Å²) in [6.07, 6.45) is 2.13. The van der Waals surface area contributed by atoms with Crippen LogP contribution in [-0.4, -0.2) is 36.7 Å². The molecule has 0 aliphatic rings. The maximum absolute atomic E-state index is 11.8. The van der Waals surface area contributed by atoms with Crippen LogP contribution in [-0.2, 0) is 9.53 Å². The highest BCUT2D eigenvalue weighted by Crippen LogP contribution is 2.19. The van der Waals surface area contributed by atoms with Gasteiger partial charge in [-0.05, 0) is 31.0 Å². The topological polar surface area (TPSA) is 102 Å². The first-order valence-electron chi connectivity index (χ1n) is 7.03. The molecule has 0 unspecified atom stereocenters. The minimum Gasteiger partial charge on any atom is -0.483 e. The van der Waals surface area contributed by atoms with Crippen LogP contribution in [0.1, 0.15) is 37.0 Å². The summed E-state index contributed by atoms with van der Waals surface area (Å²) < 4.78 is 5.16. The van der Waals surface area contributed by atoms with E-state index >= 15 is 0 Å². The maximum atomic E-state index is 11.8. The molecule has 0 saturated heterocycles. The summed E-state index contributed by atoms with van der Waals surface area (Å²) in [5.41, 5.74) is 6.44. The number of nitrogens with two attached hydrogens (primary N) is 1. The van der Waals surface area contributed by atoms with Crippen molar-refractivity contribution in [1.82, 2.24) is 5.32 Å². The van der Waals surface area contributed by atoms with E-state index in [-0.39, 0.29) is 6.47 Å². The van der Waals surface area contributed by atoms with Gasteiger partial charge in [-0.25, -0.2) is 4.79 Å². The first-order chi connectivity index (χ1) is 10.5. The Balaban J connectivity index is 0.00000135. The third-order valence-electron chi connectivity index (χ3n) is 2.97. The summed E-state index contributed by atoms with van der Waals surface area (Å²) in [5, 5.41) is 10.5. The molecule has 22 heavy (non-hydrogen) atoms. The molecule has 0 amide bonds. The van der Waals surface area contributed by atoms with Crippen molar-refractivity contribution in [3.05, 3.63) is 28.8 Å². The zero-order valence-electron chi connectivity index (χ0n) is 12.8. The lowest BCUT2D eigenvalue weighted by Crippen LogP contribution is -2.31. The molecule has 0 aromatic heterocycles. The molecule has 124 valence electrons. The number of nitrogen functional groups attached to an aromatic ring is 1. The average molecular weight is 331 g/mol. The average Bonchev–Trinajstić information content (AvgIpc) is 2.48. The zero-order chi connectivity index (χ0) is 17.0. The number of carboxylic acid groups (broad SMARTS) is 1. The predicted octanol–water partition coefficient (Wildman–Crippen LogP) is 2.56. The number of benzene rings is 1. The molecule has 0 aliphatic heterocycles. The number of ether oxygens (including phenoxy) is 1. The molecule has 0 heterocycles. The molecule has 7 heteroatoms. The van der Waals surface area contributed by atoms with Crippen LogP contribution in [0, 0.1) is 0 Å². The van der Waals surface area contributed by atoms with Crippen molar-refractivity contribution in [1.29, 1.82) is 0 Å². The first kappa shape index (κ1) is 20.2. The quantitative estimate of drug-likeness (QED) is 0.307. The molecular formula is C15H23ClN2O4. The van der Waals surface area contributed by atoms with Gasteiger partial charge in [-0.3, -0.25) is 4.79 Å². The molecule has 0 radical (unpaired) electrons. The number of nitrogens with one attached hydrogen (secondary N) is 1. The number of esters is 1. The fourth-order valence-corrected chi connectivity index (χ4v) is 2.02. The van der Waals surface area contributed by atoms with E-state index in [4.69, 9.17) is 32.0 Å². The number of anilines is 1. The Bertz CT molecular complexity index is 465. The largest absolute Gasteiger partial charge is 0.483 e. The predicted molar refractivity (Wildman–Crippen MR) is 87.2 cm³/mol. The summed E-state index contributed by atoms with van der Waals surface area (Å²) in [5.74, 6) is -0.420. The van der Waals surface area contributed by atoms with E-state index in [1.54, 1.807) is 18.2 Å². The fraction of sp³-hybridized carbons (Fsp3) is 0.467. The Hall–Kier alpha value is -1.79. The molecule has 0 aliphatic carbocycles. The zero-order valence-corrected chi connectivity index (χ0v) is 13.6. The summed E-state index contributed by atoms with van der Waals surface area (Å²) in [7, 11) is 0. The van der Waals surface area contributed by atoms with Crippen molar-refractivity contribution >= 4 is 29.7 Å². The Labute approximate surface area is 135 Å². The summed E-state index contributed by atoms with van der Waals surface area (Å²) in [6, 6.07) is 5.22. The molecule has 1 aromatic carbocycles. The normalized spacial score (nSPS) is 9.82. The minimum atomic E-state index is -0.420.